The van der Waals surface area contributed by atoms with Crippen LogP contribution in [0.3, 0.4) is 0 Å². The zero-order valence-corrected chi connectivity index (χ0v) is 12.4. The van der Waals surface area contributed by atoms with E-state index in [-0.39, 0.29) is 0 Å². The predicted octanol–water partition coefficient (Wildman–Crippen LogP) is 4.36. The van der Waals surface area contributed by atoms with Gasteiger partial charge in [-0.3, -0.25) is 0 Å². The van der Waals surface area contributed by atoms with Gasteiger partial charge in [-0.1, -0.05) is 32.0 Å². The van der Waals surface area contributed by atoms with Gasteiger partial charge in [0.15, 0.2) is 5.82 Å². The second-order valence-corrected chi connectivity index (χ2v) is 5.60. The van der Waals surface area contributed by atoms with Gasteiger partial charge in [-0.05, 0) is 36.2 Å². The number of nitrogens with zero attached hydrogens (tertiary/aromatic N) is 2. The van der Waals surface area contributed by atoms with Crippen molar-refractivity contribution in [2.45, 2.75) is 13.8 Å². The van der Waals surface area contributed by atoms with Crippen molar-refractivity contribution in [2.75, 3.05) is 11.9 Å². The van der Waals surface area contributed by atoms with Crippen LogP contribution in [0.2, 0.25) is 0 Å². The van der Waals surface area contributed by atoms with E-state index in [1.165, 1.54) is 0 Å². The van der Waals surface area contributed by atoms with Crippen LogP contribution in [0.15, 0.2) is 54.7 Å². The Morgan fingerprint density at radius 2 is 1.76 bits per heavy atom. The Morgan fingerprint density at radius 3 is 2.52 bits per heavy atom. The number of hydrogen-bond acceptors (Lipinski definition) is 3. The number of nitrogens with one attached hydrogen (secondary N) is 1. The Kier molecular flexibility index (Phi) is 3.82. The molecule has 0 saturated heterocycles. The minimum Gasteiger partial charge on any atom is -0.385 e. The summed E-state index contributed by atoms with van der Waals surface area (Å²) in [5.74, 6) is 1.40. The van der Waals surface area contributed by atoms with Gasteiger partial charge >= 0.3 is 0 Å². The first kappa shape index (κ1) is 13.6. The van der Waals surface area contributed by atoms with Gasteiger partial charge in [0.05, 0.1) is 5.52 Å². The highest BCUT2D eigenvalue weighted by atomic mass is 14.9. The quantitative estimate of drug-likeness (QED) is 0.769. The third kappa shape index (κ3) is 3.19. The minimum atomic E-state index is 0.633. The van der Waals surface area contributed by atoms with E-state index < -0.39 is 0 Å². The van der Waals surface area contributed by atoms with Crippen LogP contribution in [0.25, 0.3) is 22.3 Å². The number of benzene rings is 2. The molecule has 1 aromatic heterocycles. The Hall–Kier alpha value is -2.42. The number of para-hydroxylation sites is 1. The lowest BCUT2D eigenvalue weighted by Crippen LogP contribution is -2.07. The Bertz CT molecular complexity index is 733. The van der Waals surface area contributed by atoms with Gasteiger partial charge < -0.3 is 5.32 Å². The van der Waals surface area contributed by atoms with Gasteiger partial charge in [0.1, 0.15) is 0 Å². The van der Waals surface area contributed by atoms with Crippen LogP contribution in [-0.2, 0) is 0 Å². The molecule has 0 aliphatic rings. The number of rotatable bonds is 4. The predicted molar refractivity (Wildman–Crippen MR) is 88.3 cm³/mol. The van der Waals surface area contributed by atoms with Crippen LogP contribution in [0, 0.1) is 5.92 Å². The molecule has 2 aromatic carbocycles. The summed E-state index contributed by atoms with van der Waals surface area (Å²) < 4.78 is 0. The van der Waals surface area contributed by atoms with E-state index in [4.69, 9.17) is 0 Å². The first-order chi connectivity index (χ1) is 10.2. The lowest BCUT2D eigenvalue weighted by molar-refractivity contribution is 0.689. The maximum Gasteiger partial charge on any atom is 0.159 e. The van der Waals surface area contributed by atoms with Crippen molar-refractivity contribution in [3.05, 3.63) is 54.7 Å². The molecule has 0 amide bonds. The first-order valence-corrected chi connectivity index (χ1v) is 7.28. The lowest BCUT2D eigenvalue weighted by Gasteiger charge is -2.09. The Morgan fingerprint density at radius 1 is 1.00 bits per heavy atom. The molecule has 0 atom stereocenters. The summed E-state index contributed by atoms with van der Waals surface area (Å²) in [6, 6.07) is 16.3. The van der Waals surface area contributed by atoms with Crippen LogP contribution in [0.5, 0.6) is 0 Å². The molecule has 0 aliphatic carbocycles. The topological polar surface area (TPSA) is 37.8 Å². The highest BCUT2D eigenvalue weighted by Gasteiger charge is 2.03. The van der Waals surface area contributed by atoms with E-state index in [0.29, 0.717) is 5.92 Å². The highest BCUT2D eigenvalue weighted by Crippen LogP contribution is 2.20. The van der Waals surface area contributed by atoms with Crippen molar-refractivity contribution < 1.29 is 0 Å². The van der Waals surface area contributed by atoms with Gasteiger partial charge in [-0.15, -0.1) is 0 Å². The van der Waals surface area contributed by atoms with Crippen molar-refractivity contribution in [1.29, 1.82) is 0 Å². The molecule has 0 spiro atoms. The summed E-state index contributed by atoms with van der Waals surface area (Å²) in [4.78, 5) is 9.07. The molecular formula is C18H19N3. The van der Waals surface area contributed by atoms with E-state index in [9.17, 15) is 0 Å². The molecule has 1 N–H and O–H groups in total. The Labute approximate surface area is 125 Å². The monoisotopic (exact) mass is 277 g/mol. The molecule has 0 radical (unpaired) electrons. The second kappa shape index (κ2) is 5.92. The second-order valence-electron chi connectivity index (χ2n) is 5.60. The van der Waals surface area contributed by atoms with Crippen LogP contribution < -0.4 is 5.32 Å². The number of fused-ring (bicyclic) bond motifs is 1. The van der Waals surface area contributed by atoms with Crippen LogP contribution in [0.4, 0.5) is 5.69 Å². The lowest BCUT2D eigenvalue weighted by atomic mass is 10.1. The molecule has 0 fully saturated rings. The van der Waals surface area contributed by atoms with Crippen molar-refractivity contribution in [3.8, 4) is 11.4 Å². The van der Waals surface area contributed by atoms with Crippen molar-refractivity contribution in [2.24, 2.45) is 5.92 Å². The molecular weight excluding hydrogens is 258 g/mol. The van der Waals surface area contributed by atoms with E-state index in [0.717, 1.165) is 34.5 Å². The molecule has 0 aliphatic heterocycles. The average molecular weight is 277 g/mol. The molecule has 106 valence electrons. The average Bonchev–Trinajstić information content (AvgIpc) is 2.53. The van der Waals surface area contributed by atoms with E-state index >= 15 is 0 Å². The molecule has 3 aromatic rings. The van der Waals surface area contributed by atoms with E-state index in [1.54, 1.807) is 0 Å². The third-order valence-corrected chi connectivity index (χ3v) is 3.35. The third-order valence-electron chi connectivity index (χ3n) is 3.35. The number of aromatic nitrogens is 2. The highest BCUT2D eigenvalue weighted by molar-refractivity contribution is 5.79. The molecule has 1 heterocycles. The summed E-state index contributed by atoms with van der Waals surface area (Å²) in [7, 11) is 0. The number of anilines is 1. The summed E-state index contributed by atoms with van der Waals surface area (Å²) in [6.07, 6.45) is 1.88. The van der Waals surface area contributed by atoms with Gasteiger partial charge in [0, 0.05) is 29.4 Å². The molecule has 0 bridgehead atoms. The standard InChI is InChI=1S/C18H19N3/c1-13(2)11-19-16-9-7-14(8-10-16)18-20-12-15-5-3-4-6-17(15)21-18/h3-10,12-13,19H,11H2,1-2H3. The fraction of sp³-hybridized carbons (Fsp3) is 0.222. The van der Waals surface area contributed by atoms with Crippen LogP contribution in [0.1, 0.15) is 13.8 Å². The van der Waals surface area contributed by atoms with Crippen molar-refractivity contribution >= 4 is 16.6 Å². The van der Waals surface area contributed by atoms with Gasteiger partial charge in [0.25, 0.3) is 0 Å². The fourth-order valence-corrected chi connectivity index (χ4v) is 2.17. The summed E-state index contributed by atoms with van der Waals surface area (Å²) in [5.41, 5.74) is 3.15. The van der Waals surface area contributed by atoms with Gasteiger partial charge in [-0.25, -0.2) is 9.97 Å². The maximum absolute atomic E-state index is 4.62. The molecule has 21 heavy (non-hydrogen) atoms. The van der Waals surface area contributed by atoms with Gasteiger partial charge in [-0.2, -0.15) is 0 Å². The summed E-state index contributed by atoms with van der Waals surface area (Å²) in [5, 5.41) is 4.48. The minimum absolute atomic E-state index is 0.633. The molecule has 0 unspecified atom stereocenters. The fourth-order valence-electron chi connectivity index (χ4n) is 2.17. The van der Waals surface area contributed by atoms with E-state index in [1.807, 2.05) is 30.5 Å². The van der Waals surface area contributed by atoms with Crippen LogP contribution >= 0.6 is 0 Å². The smallest absolute Gasteiger partial charge is 0.159 e. The summed E-state index contributed by atoms with van der Waals surface area (Å²) in [6.45, 7) is 5.38. The number of hydrogen-bond donors (Lipinski definition) is 1. The van der Waals surface area contributed by atoms with Gasteiger partial charge in [0.2, 0.25) is 0 Å². The zero-order chi connectivity index (χ0) is 14.7. The summed E-state index contributed by atoms with van der Waals surface area (Å²) >= 11 is 0. The molecule has 3 heteroatoms. The zero-order valence-electron chi connectivity index (χ0n) is 12.4. The normalized spacial score (nSPS) is 11.0. The molecule has 3 nitrogen and oxygen atoms in total. The maximum atomic E-state index is 4.62. The molecule has 0 saturated carbocycles. The first-order valence-electron chi connectivity index (χ1n) is 7.28. The molecule has 3 rings (SSSR count). The van der Waals surface area contributed by atoms with E-state index in [2.05, 4.69) is 53.4 Å². The Balaban J connectivity index is 1.85. The van der Waals surface area contributed by atoms with Crippen LogP contribution in [-0.4, -0.2) is 16.5 Å². The van der Waals surface area contributed by atoms with Crippen molar-refractivity contribution in [3.63, 3.8) is 0 Å². The largest absolute Gasteiger partial charge is 0.385 e. The SMILES string of the molecule is CC(C)CNc1ccc(-c2ncc3ccccc3n2)cc1. The van der Waals surface area contributed by atoms with Crippen molar-refractivity contribution in [1.82, 2.24) is 9.97 Å².